The fourth-order valence-electron chi connectivity index (χ4n) is 4.46. The number of aromatic nitrogens is 2. The van der Waals surface area contributed by atoms with Crippen LogP contribution in [0, 0.1) is 13.8 Å². The highest BCUT2D eigenvalue weighted by atomic mass is 35.5. The third kappa shape index (κ3) is 7.37. The lowest BCUT2D eigenvalue weighted by Crippen LogP contribution is -2.37. The van der Waals surface area contributed by atoms with Crippen LogP contribution >= 0.6 is 23.2 Å². The zero-order valence-electron chi connectivity index (χ0n) is 20.3. The van der Waals surface area contributed by atoms with Gasteiger partial charge in [-0.25, -0.2) is 0 Å². The highest BCUT2D eigenvalue weighted by molar-refractivity contribution is 6.42. The Labute approximate surface area is 217 Å². The molecule has 1 atom stereocenters. The first-order valence-corrected chi connectivity index (χ1v) is 12.8. The van der Waals surface area contributed by atoms with Crippen LogP contribution < -0.4 is 9.47 Å². The van der Waals surface area contributed by atoms with E-state index in [0.717, 1.165) is 49.7 Å². The number of halogens is 2. The number of likely N-dealkylation sites (tertiary alicyclic amines) is 1. The molecule has 4 rings (SSSR count). The van der Waals surface area contributed by atoms with Gasteiger partial charge in [-0.05, 0) is 75.5 Å². The maximum atomic E-state index is 11.1. The van der Waals surface area contributed by atoms with Gasteiger partial charge in [-0.3, -0.25) is 9.58 Å². The molecule has 188 valence electrons. The van der Waals surface area contributed by atoms with E-state index in [1.54, 1.807) is 18.2 Å². The lowest BCUT2D eigenvalue weighted by molar-refractivity contribution is -0.0168. The number of aliphatic hydroxyl groups is 1. The van der Waals surface area contributed by atoms with E-state index in [9.17, 15) is 5.11 Å². The van der Waals surface area contributed by atoms with Crippen molar-refractivity contribution in [3.8, 4) is 11.5 Å². The molecule has 0 aliphatic carbocycles. The number of nitrogens with zero attached hydrogens (tertiary/aromatic N) is 3. The molecule has 1 fully saturated rings. The Hall–Kier alpha value is -2.25. The zero-order valence-corrected chi connectivity index (χ0v) is 21.9. The van der Waals surface area contributed by atoms with Gasteiger partial charge in [0.25, 0.3) is 0 Å². The quantitative estimate of drug-likeness (QED) is 0.395. The summed E-state index contributed by atoms with van der Waals surface area (Å²) in [6.45, 7) is 8.13. The van der Waals surface area contributed by atoms with Crippen LogP contribution in [0.3, 0.4) is 0 Å². The van der Waals surface area contributed by atoms with E-state index in [1.807, 2.05) is 23.7 Å². The molecule has 1 N–H and O–H groups in total. The van der Waals surface area contributed by atoms with Gasteiger partial charge in [-0.2, -0.15) is 5.10 Å². The second-order valence-electron chi connectivity index (χ2n) is 9.36. The van der Waals surface area contributed by atoms with E-state index < -0.39 is 5.60 Å². The standard InChI is InChI=1S/C27H33Cl2N3O3/c1-20-15-21(2)32(30-20)13-14-34-23-6-3-5-22(16-23)18-31-11-4-9-27(33,10-12-31)19-35-24-7-8-25(28)26(29)17-24/h3,5-8,15-17,33H,4,9-14,18-19H2,1-2H3/t27-/m0/s1. The Bertz CT molecular complexity index is 1140. The second-order valence-corrected chi connectivity index (χ2v) is 10.2. The molecule has 35 heavy (non-hydrogen) atoms. The SMILES string of the molecule is Cc1cc(C)n(CCOc2cccc(CN3CCC[C@@](O)(COc4ccc(Cl)c(Cl)c4)CC3)c2)n1. The van der Waals surface area contributed by atoms with E-state index in [2.05, 4.69) is 35.1 Å². The molecule has 0 radical (unpaired) electrons. The van der Waals surface area contributed by atoms with E-state index >= 15 is 0 Å². The van der Waals surface area contributed by atoms with E-state index in [4.69, 9.17) is 32.7 Å². The van der Waals surface area contributed by atoms with Gasteiger partial charge >= 0.3 is 0 Å². The van der Waals surface area contributed by atoms with E-state index in [1.165, 1.54) is 5.56 Å². The van der Waals surface area contributed by atoms with Crippen LogP contribution in [0.15, 0.2) is 48.5 Å². The van der Waals surface area contributed by atoms with Crippen LogP contribution in [0.5, 0.6) is 11.5 Å². The molecule has 2 aromatic carbocycles. The normalized spacial score (nSPS) is 18.9. The molecule has 1 aliphatic heterocycles. The molecule has 0 unspecified atom stereocenters. The van der Waals surface area contributed by atoms with Crippen molar-refractivity contribution >= 4 is 23.2 Å². The fourth-order valence-corrected chi connectivity index (χ4v) is 4.75. The monoisotopic (exact) mass is 517 g/mol. The van der Waals surface area contributed by atoms with Gasteiger partial charge in [-0.15, -0.1) is 0 Å². The van der Waals surface area contributed by atoms with Crippen molar-refractivity contribution in [1.82, 2.24) is 14.7 Å². The first kappa shape index (κ1) is 25.8. The number of rotatable bonds is 9. The largest absolute Gasteiger partial charge is 0.492 e. The van der Waals surface area contributed by atoms with E-state index in [-0.39, 0.29) is 6.61 Å². The molecule has 0 saturated carbocycles. The summed E-state index contributed by atoms with van der Waals surface area (Å²) in [5.74, 6) is 1.48. The predicted octanol–water partition coefficient (Wildman–Crippen LogP) is 5.68. The van der Waals surface area contributed by atoms with Crippen molar-refractivity contribution in [2.45, 2.75) is 51.8 Å². The Morgan fingerprint density at radius 1 is 0.971 bits per heavy atom. The maximum Gasteiger partial charge on any atom is 0.121 e. The number of hydrogen-bond donors (Lipinski definition) is 1. The molecular weight excluding hydrogens is 485 g/mol. The minimum absolute atomic E-state index is 0.234. The van der Waals surface area contributed by atoms with Crippen LogP contribution in [0.25, 0.3) is 0 Å². The van der Waals surface area contributed by atoms with Gasteiger partial charge in [0.15, 0.2) is 0 Å². The van der Waals surface area contributed by atoms with Crippen molar-refractivity contribution < 1.29 is 14.6 Å². The third-order valence-electron chi connectivity index (χ3n) is 6.39. The number of aryl methyl sites for hydroxylation is 2. The minimum Gasteiger partial charge on any atom is -0.492 e. The summed E-state index contributed by atoms with van der Waals surface area (Å²) in [4.78, 5) is 2.38. The lowest BCUT2D eigenvalue weighted by atomic mass is 9.96. The predicted molar refractivity (Wildman–Crippen MR) is 140 cm³/mol. The van der Waals surface area contributed by atoms with Crippen LogP contribution in [-0.2, 0) is 13.1 Å². The van der Waals surface area contributed by atoms with Gasteiger partial charge in [0.1, 0.15) is 24.7 Å². The molecule has 0 bridgehead atoms. The highest BCUT2D eigenvalue weighted by Gasteiger charge is 2.31. The number of ether oxygens (including phenoxy) is 2. The highest BCUT2D eigenvalue weighted by Crippen LogP contribution is 2.29. The molecule has 3 aromatic rings. The summed E-state index contributed by atoms with van der Waals surface area (Å²) < 4.78 is 13.8. The molecule has 1 aliphatic rings. The van der Waals surface area contributed by atoms with Crippen molar-refractivity contribution in [3.63, 3.8) is 0 Å². The average Bonchev–Trinajstić information content (AvgIpc) is 3.03. The van der Waals surface area contributed by atoms with Crippen LogP contribution in [0.4, 0.5) is 0 Å². The van der Waals surface area contributed by atoms with Crippen molar-refractivity contribution in [2.75, 3.05) is 26.3 Å². The first-order valence-electron chi connectivity index (χ1n) is 12.1. The molecule has 1 aromatic heterocycles. The Morgan fingerprint density at radius 3 is 2.57 bits per heavy atom. The number of hydrogen-bond acceptors (Lipinski definition) is 5. The Kier molecular flexibility index (Phi) is 8.60. The summed E-state index contributed by atoms with van der Waals surface area (Å²) in [5, 5.41) is 16.6. The van der Waals surface area contributed by atoms with Gasteiger partial charge in [0, 0.05) is 24.8 Å². The first-order chi connectivity index (χ1) is 16.8. The third-order valence-corrected chi connectivity index (χ3v) is 7.13. The molecule has 6 nitrogen and oxygen atoms in total. The summed E-state index contributed by atoms with van der Waals surface area (Å²) in [5.41, 5.74) is 2.50. The zero-order chi connectivity index (χ0) is 24.8. The van der Waals surface area contributed by atoms with Gasteiger partial charge in [-0.1, -0.05) is 35.3 Å². The van der Waals surface area contributed by atoms with Crippen LogP contribution in [0.1, 0.15) is 36.2 Å². The molecule has 1 saturated heterocycles. The molecule has 0 spiro atoms. The summed E-state index contributed by atoms with van der Waals surface area (Å²) in [6, 6.07) is 15.5. The van der Waals surface area contributed by atoms with Crippen LogP contribution in [-0.4, -0.2) is 51.7 Å². The van der Waals surface area contributed by atoms with Gasteiger partial charge < -0.3 is 14.6 Å². The summed E-state index contributed by atoms with van der Waals surface area (Å²) in [7, 11) is 0. The van der Waals surface area contributed by atoms with E-state index in [0.29, 0.717) is 35.2 Å². The molecule has 0 amide bonds. The maximum absolute atomic E-state index is 11.1. The molecule has 8 heteroatoms. The van der Waals surface area contributed by atoms with Gasteiger partial charge in [0.2, 0.25) is 0 Å². The van der Waals surface area contributed by atoms with Gasteiger partial charge in [0.05, 0.1) is 27.9 Å². The topological polar surface area (TPSA) is 59.8 Å². The average molecular weight is 518 g/mol. The minimum atomic E-state index is -0.866. The van der Waals surface area contributed by atoms with Crippen molar-refractivity contribution in [1.29, 1.82) is 0 Å². The fraction of sp³-hybridized carbons (Fsp3) is 0.444. The Morgan fingerprint density at radius 2 is 1.80 bits per heavy atom. The van der Waals surface area contributed by atoms with Crippen molar-refractivity contribution in [3.05, 3.63) is 75.5 Å². The van der Waals surface area contributed by atoms with Crippen molar-refractivity contribution in [2.24, 2.45) is 0 Å². The second kappa shape index (κ2) is 11.7. The lowest BCUT2D eigenvalue weighted by Gasteiger charge is -2.27. The Balaban J connectivity index is 1.26. The molecule has 2 heterocycles. The summed E-state index contributed by atoms with van der Waals surface area (Å²) >= 11 is 12.0. The number of benzene rings is 2. The van der Waals surface area contributed by atoms with Crippen LogP contribution in [0.2, 0.25) is 10.0 Å². The summed E-state index contributed by atoms with van der Waals surface area (Å²) in [6.07, 6.45) is 2.24. The smallest absolute Gasteiger partial charge is 0.121 e. The molecular formula is C27H33Cl2N3O3.